The van der Waals surface area contributed by atoms with Gasteiger partial charge in [-0.2, -0.15) is 5.10 Å². The van der Waals surface area contributed by atoms with Crippen LogP contribution in [0.25, 0.3) is 0 Å². The normalized spacial score (nSPS) is 19.2. The van der Waals surface area contributed by atoms with E-state index in [4.69, 9.17) is 9.26 Å². The summed E-state index contributed by atoms with van der Waals surface area (Å²) >= 11 is 1.22. The predicted molar refractivity (Wildman–Crippen MR) is 150 cm³/mol. The van der Waals surface area contributed by atoms with Gasteiger partial charge in [0.1, 0.15) is 29.5 Å². The van der Waals surface area contributed by atoms with Crippen LogP contribution in [-0.2, 0) is 30.3 Å². The molecule has 16 nitrogen and oxygen atoms in total. The number of nitrogens with zero attached hydrogens (tertiary/aromatic N) is 5. The maximum Gasteiger partial charge on any atom is 1.00 e. The molecule has 6 amide bonds. The zero-order chi connectivity index (χ0) is 31.5. The van der Waals surface area contributed by atoms with Crippen molar-refractivity contribution < 1.29 is 72.7 Å². The molecule has 0 spiro atoms. The predicted octanol–water partition coefficient (Wildman–Crippen LogP) is -3.20. The molecule has 5 rings (SSSR count). The molecule has 2 aromatic rings. The summed E-state index contributed by atoms with van der Waals surface area (Å²) in [6.07, 6.45) is 1.12. The van der Waals surface area contributed by atoms with Crippen LogP contribution in [0.4, 0.5) is 15.3 Å². The van der Waals surface area contributed by atoms with Crippen LogP contribution in [-0.4, -0.2) is 98.9 Å². The number of hydrogen-bond donors (Lipinski definition) is 2. The van der Waals surface area contributed by atoms with Crippen LogP contribution in [0.15, 0.2) is 51.2 Å². The van der Waals surface area contributed by atoms with Crippen LogP contribution in [0.2, 0.25) is 0 Å². The number of imide groups is 1. The minimum Gasteiger partial charge on any atom is -0.543 e. The third-order valence-electron chi connectivity index (χ3n) is 6.82. The van der Waals surface area contributed by atoms with E-state index < -0.39 is 47.2 Å². The minimum atomic E-state index is -1.59. The van der Waals surface area contributed by atoms with Crippen molar-refractivity contribution in [2.75, 3.05) is 30.8 Å². The molecule has 3 aliphatic heterocycles. The van der Waals surface area contributed by atoms with Gasteiger partial charge in [-0.05, 0) is 18.6 Å². The first kappa shape index (κ1) is 33.7. The van der Waals surface area contributed by atoms with E-state index in [9.17, 15) is 33.9 Å². The van der Waals surface area contributed by atoms with Crippen molar-refractivity contribution in [3.8, 4) is 0 Å². The molecule has 0 radical (unpaired) electrons. The topological polar surface area (TPSA) is 207 Å². The number of ether oxygens (including phenoxy) is 1. The number of benzene rings is 1. The molecule has 45 heavy (non-hydrogen) atoms. The number of urea groups is 2. The Bertz CT molecular complexity index is 1610. The third-order valence-corrected chi connectivity index (χ3v) is 8.16. The summed E-state index contributed by atoms with van der Waals surface area (Å²) in [4.78, 5) is 76.5. The molecule has 2 fully saturated rings. The zero-order valence-electron chi connectivity index (χ0n) is 24.5. The number of fused-ring (bicyclic) bond motifs is 1. The molecule has 2 saturated heterocycles. The van der Waals surface area contributed by atoms with Crippen molar-refractivity contribution in [2.24, 2.45) is 5.10 Å². The molecule has 18 heteroatoms. The molecule has 0 aliphatic carbocycles. The Morgan fingerprint density at radius 3 is 2.67 bits per heavy atom. The Morgan fingerprint density at radius 1 is 1.22 bits per heavy atom. The number of aliphatic carboxylic acids is 1. The second-order valence-corrected chi connectivity index (χ2v) is 11.0. The number of hydrazone groups is 1. The fourth-order valence-corrected chi connectivity index (χ4v) is 6.07. The average molecular weight is 648 g/mol. The van der Waals surface area contributed by atoms with Gasteiger partial charge >= 0.3 is 47.6 Å². The van der Waals surface area contributed by atoms with Gasteiger partial charge in [0.05, 0.1) is 37.4 Å². The summed E-state index contributed by atoms with van der Waals surface area (Å²) in [5.41, 5.74) is 0.975. The Kier molecular flexibility index (Phi) is 10.7. The maximum absolute atomic E-state index is 13.0. The van der Waals surface area contributed by atoms with Crippen LogP contribution in [0, 0.1) is 6.92 Å². The maximum atomic E-state index is 13.0. The van der Waals surface area contributed by atoms with Crippen molar-refractivity contribution in [3.63, 3.8) is 0 Å². The van der Waals surface area contributed by atoms with Gasteiger partial charge in [0, 0.05) is 30.0 Å². The van der Waals surface area contributed by atoms with E-state index in [1.165, 1.54) is 24.9 Å². The first-order valence-electron chi connectivity index (χ1n) is 13.3. The molecule has 3 aliphatic rings. The molecule has 0 saturated carbocycles. The van der Waals surface area contributed by atoms with Gasteiger partial charge in [-0.3, -0.25) is 19.3 Å². The van der Waals surface area contributed by atoms with Gasteiger partial charge in [-0.15, -0.1) is 11.8 Å². The fourth-order valence-electron chi connectivity index (χ4n) is 4.74. The molecular weight excluding hydrogens is 621 g/mol. The molecule has 2 atom stereocenters. The molecule has 230 valence electrons. The number of nitrogens with one attached hydrogen (secondary N) is 2. The molecule has 0 bridgehead atoms. The number of β-lactam (4-membered cyclic amide) rings is 1. The molecule has 1 aromatic heterocycles. The number of rotatable bonds is 9. The van der Waals surface area contributed by atoms with Crippen molar-refractivity contribution in [3.05, 3.63) is 58.6 Å². The van der Waals surface area contributed by atoms with E-state index >= 15 is 0 Å². The summed E-state index contributed by atoms with van der Waals surface area (Å²) in [5.74, 6) is -2.64. The van der Waals surface area contributed by atoms with Gasteiger partial charge in [0.15, 0.2) is 0 Å². The van der Waals surface area contributed by atoms with Gasteiger partial charge in [0.2, 0.25) is 5.91 Å². The fraction of sp³-hybridized carbons (Fsp3) is 0.333. The molecule has 2 N–H and O–H groups in total. The summed E-state index contributed by atoms with van der Waals surface area (Å²) < 4.78 is 9.85. The number of thioether (sulfide) groups is 1. The summed E-state index contributed by atoms with van der Waals surface area (Å²) in [6, 6.07) is 5.77. The van der Waals surface area contributed by atoms with Crippen LogP contribution in [0.3, 0.4) is 0 Å². The van der Waals surface area contributed by atoms with Gasteiger partial charge in [-0.25, -0.2) is 19.5 Å². The Morgan fingerprint density at radius 2 is 1.98 bits per heavy atom. The van der Waals surface area contributed by atoms with Crippen LogP contribution in [0.1, 0.15) is 23.9 Å². The summed E-state index contributed by atoms with van der Waals surface area (Å²) in [7, 11) is 0. The monoisotopic (exact) mass is 647 g/mol. The molecule has 1 unspecified atom stereocenters. The van der Waals surface area contributed by atoms with Crippen molar-refractivity contribution in [2.45, 2.75) is 31.7 Å². The van der Waals surface area contributed by atoms with Crippen LogP contribution < -0.4 is 45.3 Å². The quantitative estimate of drug-likeness (QED) is 0.120. The number of anilines is 1. The van der Waals surface area contributed by atoms with Crippen molar-refractivity contribution in [1.29, 1.82) is 0 Å². The Labute approximate surface area is 282 Å². The Hall–Kier alpha value is -4.19. The average Bonchev–Trinajstić information content (AvgIpc) is 3.58. The number of amides is 6. The first-order valence-corrected chi connectivity index (χ1v) is 14.3. The minimum absolute atomic E-state index is 0. The first-order chi connectivity index (χ1) is 21.0. The largest absolute Gasteiger partial charge is 1.00 e. The van der Waals surface area contributed by atoms with Crippen LogP contribution >= 0.6 is 11.8 Å². The second kappa shape index (κ2) is 14.3. The number of hydrogen-bond acceptors (Lipinski definition) is 12. The SMILES string of the molecule is CC(=O)OCC1=C(C(=O)[O-])N2C(=O)C(NC(=O)Cc3ccccc3NC(=O)N3CCN(/N=C/c4cc(C)on4)C3=O)[C@H]2SC1.[Na+]. The number of aryl methyl sites for hydroxylation is 1. The number of carbonyl (C=O) groups is 6. The van der Waals surface area contributed by atoms with Crippen molar-refractivity contribution in [1.82, 2.24) is 25.3 Å². The van der Waals surface area contributed by atoms with E-state index in [0.717, 1.165) is 14.8 Å². The zero-order valence-corrected chi connectivity index (χ0v) is 27.3. The van der Waals surface area contributed by atoms with E-state index in [-0.39, 0.29) is 78.4 Å². The smallest absolute Gasteiger partial charge is 0.543 e. The number of para-hydroxylation sites is 1. The van der Waals surface area contributed by atoms with Gasteiger partial charge < -0.3 is 29.8 Å². The van der Waals surface area contributed by atoms with E-state index in [0.29, 0.717) is 17.0 Å². The number of carboxylic acid groups (broad SMARTS) is 1. The Balaban J connectivity index is 0.00000461. The van der Waals surface area contributed by atoms with Gasteiger partial charge in [0.25, 0.3) is 5.91 Å². The summed E-state index contributed by atoms with van der Waals surface area (Å²) in [5, 5.41) is 25.3. The molecule has 1 aromatic carbocycles. The number of esters is 1. The van der Waals surface area contributed by atoms with E-state index in [1.54, 1.807) is 37.3 Å². The van der Waals surface area contributed by atoms with E-state index in [2.05, 4.69) is 20.9 Å². The third kappa shape index (κ3) is 7.38. The van der Waals surface area contributed by atoms with Crippen LogP contribution in [0.5, 0.6) is 0 Å². The summed E-state index contributed by atoms with van der Waals surface area (Å²) in [6.45, 7) is 2.84. The molecular formula is C27H26N7NaO9S. The standard InChI is InChI=1S/C27H27N7O9S.Na/c1-14-9-18(31-43-14)11-28-33-8-7-32(27(33)41)26(40)29-19-6-4-3-5-16(19)10-20(36)30-21-23(37)34-22(25(38)39)17(12-42-15(2)35)13-44-24(21)34;/h3-6,9,11,21,24H,7-8,10,12-13H2,1-2H3,(H,29,40)(H,30,36)(H,38,39);/q;+1/p-1/b28-11+;/t21?,24-;/m1./s1. The second-order valence-electron chi connectivity index (χ2n) is 9.90. The number of aromatic nitrogens is 1. The molecule has 4 heterocycles. The van der Waals surface area contributed by atoms with Crippen molar-refractivity contribution >= 4 is 59.5 Å². The number of carboxylic acids is 1. The van der Waals surface area contributed by atoms with Gasteiger partial charge in [-0.1, -0.05) is 23.4 Å². The number of carbonyl (C=O) groups excluding carboxylic acids is 6. The van der Waals surface area contributed by atoms with E-state index in [1.807, 2.05) is 0 Å².